The first-order chi connectivity index (χ1) is 9.63. The molecule has 6 heteroatoms. The molecule has 0 radical (unpaired) electrons. The van der Waals surface area contributed by atoms with Crippen LogP contribution in [0.15, 0.2) is 24.3 Å². The van der Waals surface area contributed by atoms with Crippen LogP contribution in [0.25, 0.3) is 0 Å². The van der Waals surface area contributed by atoms with Crippen LogP contribution in [0.2, 0.25) is 5.15 Å². The van der Waals surface area contributed by atoms with Crippen molar-refractivity contribution in [3.8, 4) is 0 Å². The van der Waals surface area contributed by atoms with E-state index in [4.69, 9.17) is 16.7 Å². The Balaban J connectivity index is 2.15. The summed E-state index contributed by atoms with van der Waals surface area (Å²) in [5, 5.41) is 12.2. The molecule has 0 bridgehead atoms. The van der Waals surface area contributed by atoms with Gasteiger partial charge in [-0.1, -0.05) is 35.9 Å². The highest BCUT2D eigenvalue weighted by Gasteiger charge is 2.10. The summed E-state index contributed by atoms with van der Waals surface area (Å²) >= 11 is 5.91. The maximum Gasteiger partial charge on any atom is 0.156 e. The van der Waals surface area contributed by atoms with Gasteiger partial charge >= 0.3 is 0 Å². The molecule has 1 heterocycles. The molecule has 2 rings (SSSR count). The summed E-state index contributed by atoms with van der Waals surface area (Å²) in [5.74, 6) is 0.919. The third-order valence-corrected chi connectivity index (χ3v) is 3.08. The summed E-state index contributed by atoms with van der Waals surface area (Å²) in [6.45, 7) is 2.23. The number of hydrogen-bond acceptors (Lipinski definition) is 5. The number of aliphatic hydroxyl groups is 1. The first-order valence-electron chi connectivity index (χ1n) is 6.06. The fourth-order valence-corrected chi connectivity index (χ4v) is 1.99. The number of aldehydes is 1. The summed E-state index contributed by atoms with van der Waals surface area (Å²) < 4.78 is 0. The van der Waals surface area contributed by atoms with Gasteiger partial charge in [0.25, 0.3) is 0 Å². The molecule has 0 amide bonds. The van der Waals surface area contributed by atoms with Crippen molar-refractivity contribution in [2.24, 2.45) is 0 Å². The lowest BCUT2D eigenvalue weighted by molar-refractivity contribution is 0.112. The standard InChI is InChI=1S/C14H14ClN3O2/c1-9-17-13(15)12(8-20)14(18-9)16-6-10-2-4-11(7-19)5-3-10/h2-5,8,19H,6-7H2,1H3,(H,16,17,18). The number of rotatable bonds is 5. The van der Waals surface area contributed by atoms with Crippen molar-refractivity contribution in [3.63, 3.8) is 0 Å². The highest BCUT2D eigenvalue weighted by molar-refractivity contribution is 6.32. The van der Waals surface area contributed by atoms with Gasteiger partial charge < -0.3 is 10.4 Å². The van der Waals surface area contributed by atoms with Crippen molar-refractivity contribution >= 4 is 23.7 Å². The van der Waals surface area contributed by atoms with Gasteiger partial charge in [0.2, 0.25) is 0 Å². The van der Waals surface area contributed by atoms with E-state index >= 15 is 0 Å². The number of benzene rings is 1. The van der Waals surface area contributed by atoms with Gasteiger partial charge in [-0.15, -0.1) is 0 Å². The molecule has 0 fully saturated rings. The lowest BCUT2D eigenvalue weighted by Crippen LogP contribution is -2.07. The smallest absolute Gasteiger partial charge is 0.156 e. The molecule has 2 N–H and O–H groups in total. The maximum absolute atomic E-state index is 11.0. The zero-order chi connectivity index (χ0) is 14.5. The highest BCUT2D eigenvalue weighted by atomic mass is 35.5. The summed E-state index contributed by atoms with van der Waals surface area (Å²) in [7, 11) is 0. The number of carbonyl (C=O) groups is 1. The minimum atomic E-state index is 0.0176. The normalized spacial score (nSPS) is 10.3. The van der Waals surface area contributed by atoms with Crippen LogP contribution in [0.3, 0.4) is 0 Å². The zero-order valence-corrected chi connectivity index (χ0v) is 11.7. The second kappa shape index (κ2) is 6.45. The summed E-state index contributed by atoms with van der Waals surface area (Å²) in [6.07, 6.45) is 0.638. The van der Waals surface area contributed by atoms with Gasteiger partial charge in [-0.25, -0.2) is 9.97 Å². The Labute approximate surface area is 121 Å². The average molecular weight is 292 g/mol. The Hall–Kier alpha value is -1.98. The van der Waals surface area contributed by atoms with E-state index in [2.05, 4.69) is 15.3 Å². The fraction of sp³-hybridized carbons (Fsp3) is 0.214. The van der Waals surface area contributed by atoms with E-state index in [-0.39, 0.29) is 17.3 Å². The third-order valence-electron chi connectivity index (χ3n) is 2.79. The minimum absolute atomic E-state index is 0.0176. The predicted octanol–water partition coefficient (Wildman–Crippen LogP) is 2.36. The van der Waals surface area contributed by atoms with Crippen LogP contribution in [0.5, 0.6) is 0 Å². The minimum Gasteiger partial charge on any atom is -0.392 e. The van der Waals surface area contributed by atoms with Crippen LogP contribution in [-0.2, 0) is 13.2 Å². The van der Waals surface area contributed by atoms with Crippen molar-refractivity contribution in [2.75, 3.05) is 5.32 Å². The molecular weight excluding hydrogens is 278 g/mol. The molecule has 0 aliphatic heterocycles. The molecule has 0 saturated heterocycles. The van der Waals surface area contributed by atoms with E-state index in [1.165, 1.54) is 0 Å². The summed E-state index contributed by atoms with van der Waals surface area (Å²) in [5.41, 5.74) is 2.11. The molecule has 0 unspecified atom stereocenters. The van der Waals surface area contributed by atoms with Crippen molar-refractivity contribution < 1.29 is 9.90 Å². The highest BCUT2D eigenvalue weighted by Crippen LogP contribution is 2.19. The van der Waals surface area contributed by atoms with Crippen LogP contribution in [-0.4, -0.2) is 21.4 Å². The number of aromatic nitrogens is 2. The van der Waals surface area contributed by atoms with E-state index < -0.39 is 0 Å². The molecule has 0 spiro atoms. The second-order valence-electron chi connectivity index (χ2n) is 4.27. The first-order valence-corrected chi connectivity index (χ1v) is 6.43. The maximum atomic E-state index is 11.0. The van der Waals surface area contributed by atoms with Gasteiger partial charge in [0.05, 0.1) is 12.2 Å². The number of anilines is 1. The Kier molecular flexibility index (Phi) is 4.65. The fourth-order valence-electron chi connectivity index (χ4n) is 1.73. The molecule has 2 aromatic rings. The Morgan fingerprint density at radius 2 is 1.90 bits per heavy atom. The topological polar surface area (TPSA) is 75.1 Å². The van der Waals surface area contributed by atoms with Crippen molar-refractivity contribution in [1.29, 1.82) is 0 Å². The number of hydrogen-bond donors (Lipinski definition) is 2. The van der Waals surface area contributed by atoms with Crippen LogP contribution in [0.1, 0.15) is 27.3 Å². The molecule has 0 aliphatic carbocycles. The Morgan fingerprint density at radius 1 is 1.25 bits per heavy atom. The van der Waals surface area contributed by atoms with E-state index in [0.29, 0.717) is 24.5 Å². The lowest BCUT2D eigenvalue weighted by atomic mass is 10.1. The number of aliphatic hydroxyl groups excluding tert-OH is 1. The number of halogens is 1. The lowest BCUT2D eigenvalue weighted by Gasteiger charge is -2.10. The van der Waals surface area contributed by atoms with E-state index in [9.17, 15) is 4.79 Å². The van der Waals surface area contributed by atoms with Crippen molar-refractivity contribution in [3.05, 3.63) is 51.9 Å². The number of aryl methyl sites for hydroxylation is 1. The first kappa shape index (κ1) is 14.4. The molecule has 0 atom stereocenters. The van der Waals surface area contributed by atoms with Crippen LogP contribution >= 0.6 is 11.6 Å². The summed E-state index contributed by atoms with van der Waals surface area (Å²) in [4.78, 5) is 19.1. The van der Waals surface area contributed by atoms with Gasteiger partial charge in [-0.05, 0) is 18.1 Å². The van der Waals surface area contributed by atoms with E-state index in [0.717, 1.165) is 11.1 Å². The van der Waals surface area contributed by atoms with E-state index in [1.54, 1.807) is 6.92 Å². The molecule has 1 aromatic carbocycles. The molecule has 5 nitrogen and oxygen atoms in total. The SMILES string of the molecule is Cc1nc(Cl)c(C=O)c(NCc2ccc(CO)cc2)n1. The Morgan fingerprint density at radius 3 is 2.50 bits per heavy atom. The van der Waals surface area contributed by atoms with Crippen molar-refractivity contribution in [1.82, 2.24) is 9.97 Å². The third kappa shape index (κ3) is 3.31. The number of nitrogens with one attached hydrogen (secondary N) is 1. The molecule has 0 aliphatic rings. The molecule has 104 valence electrons. The largest absolute Gasteiger partial charge is 0.392 e. The molecule has 20 heavy (non-hydrogen) atoms. The number of nitrogens with zero attached hydrogens (tertiary/aromatic N) is 2. The quantitative estimate of drug-likeness (QED) is 0.653. The second-order valence-corrected chi connectivity index (χ2v) is 4.63. The van der Waals surface area contributed by atoms with Crippen LogP contribution < -0.4 is 5.32 Å². The molecule has 0 saturated carbocycles. The molecular formula is C14H14ClN3O2. The van der Waals surface area contributed by atoms with Gasteiger partial charge in [-0.2, -0.15) is 0 Å². The van der Waals surface area contributed by atoms with Gasteiger partial charge in [0.15, 0.2) is 6.29 Å². The van der Waals surface area contributed by atoms with Gasteiger partial charge in [-0.3, -0.25) is 4.79 Å². The van der Waals surface area contributed by atoms with Crippen molar-refractivity contribution in [2.45, 2.75) is 20.1 Å². The number of carbonyl (C=O) groups excluding carboxylic acids is 1. The predicted molar refractivity (Wildman–Crippen MR) is 76.9 cm³/mol. The van der Waals surface area contributed by atoms with Crippen LogP contribution in [0, 0.1) is 6.92 Å². The van der Waals surface area contributed by atoms with Gasteiger partial charge in [0, 0.05) is 6.54 Å². The molecule has 1 aromatic heterocycles. The average Bonchev–Trinajstić information content (AvgIpc) is 2.45. The van der Waals surface area contributed by atoms with E-state index in [1.807, 2.05) is 24.3 Å². The monoisotopic (exact) mass is 291 g/mol. The van der Waals surface area contributed by atoms with Crippen LogP contribution in [0.4, 0.5) is 5.82 Å². The zero-order valence-electron chi connectivity index (χ0n) is 10.9. The Bertz CT molecular complexity index is 615. The van der Waals surface area contributed by atoms with Gasteiger partial charge in [0.1, 0.15) is 16.8 Å². The summed E-state index contributed by atoms with van der Waals surface area (Å²) in [6, 6.07) is 7.48.